The summed E-state index contributed by atoms with van der Waals surface area (Å²) < 4.78 is 16.5. The zero-order chi connectivity index (χ0) is 29.0. The largest absolute Gasteiger partial charge is 0.464 e. The summed E-state index contributed by atoms with van der Waals surface area (Å²) in [5.74, 6) is -2.11. The molecule has 5 rings (SSSR count). The molecule has 41 heavy (non-hydrogen) atoms. The molecule has 2 fully saturated rings. The van der Waals surface area contributed by atoms with Crippen molar-refractivity contribution in [1.29, 1.82) is 0 Å². The number of hydrogen-bond acceptors (Lipinski definition) is 8. The average molecular weight is 575 g/mol. The van der Waals surface area contributed by atoms with Gasteiger partial charge in [0.1, 0.15) is 11.4 Å². The Morgan fingerprint density at radius 1 is 0.976 bits per heavy atom. The predicted octanol–water partition coefficient (Wildman–Crippen LogP) is 3.35. The highest BCUT2D eigenvalue weighted by molar-refractivity contribution is 8.00. The molecule has 0 saturated carbocycles. The zero-order valence-corrected chi connectivity index (χ0v) is 23.4. The van der Waals surface area contributed by atoms with Crippen LogP contribution in [-0.4, -0.2) is 71.2 Å². The van der Waals surface area contributed by atoms with Gasteiger partial charge in [0, 0.05) is 12.5 Å². The van der Waals surface area contributed by atoms with Gasteiger partial charge in [-0.2, -0.15) is 0 Å². The fourth-order valence-electron chi connectivity index (χ4n) is 5.11. The van der Waals surface area contributed by atoms with Gasteiger partial charge in [-0.1, -0.05) is 78.9 Å². The summed E-state index contributed by atoms with van der Waals surface area (Å²) in [6.07, 6.45) is 0.125. The van der Waals surface area contributed by atoms with E-state index < -0.39 is 52.9 Å². The summed E-state index contributed by atoms with van der Waals surface area (Å²) in [7, 11) is 0. The Hall–Kier alpha value is -4.15. The third-order valence-electron chi connectivity index (χ3n) is 7.27. The number of nitrogens with zero attached hydrogens (tertiary/aromatic N) is 1. The van der Waals surface area contributed by atoms with E-state index in [9.17, 15) is 19.2 Å². The Kier molecular flexibility index (Phi) is 8.41. The Morgan fingerprint density at radius 2 is 1.54 bits per heavy atom. The standard InChI is InChI=1S/C31H30N2O7S/c1-20(34)38-18-31(41-2)19-39-29-24(32-27(35)23-16-10-5-11-17-23)28(36)33(29)26(31)30(37)40-25(21-12-6-3-7-13-21)22-14-8-4-9-15-22/h3-17,24-26,29H,18-19H2,1-2H3,(H,32,35)/t24-,26-,29+,31+/m0/s1. The van der Waals surface area contributed by atoms with Crippen LogP contribution in [0.4, 0.5) is 0 Å². The molecule has 10 heteroatoms. The van der Waals surface area contributed by atoms with E-state index in [1.807, 2.05) is 60.7 Å². The molecule has 0 spiro atoms. The number of hydrogen-bond donors (Lipinski definition) is 1. The molecule has 0 bridgehead atoms. The van der Waals surface area contributed by atoms with Gasteiger partial charge in [0.15, 0.2) is 24.4 Å². The Bertz CT molecular complexity index is 1370. The van der Waals surface area contributed by atoms with Gasteiger partial charge in [-0.25, -0.2) is 4.79 Å². The molecule has 2 saturated heterocycles. The van der Waals surface area contributed by atoms with Gasteiger partial charge in [0.2, 0.25) is 0 Å². The lowest BCUT2D eigenvalue weighted by atomic mass is 9.89. The molecule has 2 aliphatic heterocycles. The Balaban J connectivity index is 1.45. The number of thioether (sulfide) groups is 1. The highest BCUT2D eigenvalue weighted by Crippen LogP contribution is 2.43. The number of fused-ring (bicyclic) bond motifs is 1. The minimum absolute atomic E-state index is 0.0191. The van der Waals surface area contributed by atoms with Crippen LogP contribution in [0.5, 0.6) is 0 Å². The van der Waals surface area contributed by atoms with Crippen molar-refractivity contribution in [3.63, 3.8) is 0 Å². The predicted molar refractivity (Wildman–Crippen MR) is 152 cm³/mol. The molecule has 3 aromatic carbocycles. The molecule has 0 radical (unpaired) electrons. The first-order chi connectivity index (χ1) is 19.8. The number of β-lactam (4-membered cyclic amide) rings is 1. The molecule has 2 aliphatic rings. The normalized spacial score (nSPS) is 23.2. The number of benzene rings is 3. The highest BCUT2D eigenvalue weighted by Gasteiger charge is 2.64. The van der Waals surface area contributed by atoms with Crippen molar-refractivity contribution in [2.45, 2.75) is 36.1 Å². The second kappa shape index (κ2) is 12.2. The molecule has 2 heterocycles. The van der Waals surface area contributed by atoms with Crippen molar-refractivity contribution < 1.29 is 33.4 Å². The zero-order valence-electron chi connectivity index (χ0n) is 22.6. The molecule has 4 atom stereocenters. The maximum atomic E-state index is 14.1. The van der Waals surface area contributed by atoms with Gasteiger partial charge in [-0.05, 0) is 29.5 Å². The van der Waals surface area contributed by atoms with Crippen LogP contribution in [0.25, 0.3) is 0 Å². The molecule has 3 aromatic rings. The highest BCUT2D eigenvalue weighted by atomic mass is 32.2. The number of amides is 2. The van der Waals surface area contributed by atoms with Crippen molar-refractivity contribution in [3.05, 3.63) is 108 Å². The van der Waals surface area contributed by atoms with Crippen molar-refractivity contribution in [2.24, 2.45) is 0 Å². The van der Waals surface area contributed by atoms with Gasteiger partial charge < -0.3 is 19.5 Å². The second-order valence-electron chi connectivity index (χ2n) is 9.85. The molecule has 9 nitrogen and oxygen atoms in total. The van der Waals surface area contributed by atoms with E-state index in [2.05, 4.69) is 5.32 Å². The van der Waals surface area contributed by atoms with Gasteiger partial charge in [0.05, 0.1) is 6.61 Å². The topological polar surface area (TPSA) is 111 Å². The van der Waals surface area contributed by atoms with Crippen molar-refractivity contribution in [1.82, 2.24) is 10.2 Å². The lowest BCUT2D eigenvalue weighted by Gasteiger charge is -2.57. The van der Waals surface area contributed by atoms with Crippen molar-refractivity contribution in [2.75, 3.05) is 19.5 Å². The number of carbonyl (C=O) groups is 4. The Morgan fingerprint density at radius 3 is 2.07 bits per heavy atom. The molecular weight excluding hydrogens is 544 g/mol. The monoisotopic (exact) mass is 574 g/mol. The third kappa shape index (κ3) is 5.71. The summed E-state index contributed by atoms with van der Waals surface area (Å²) in [5.41, 5.74) is 1.91. The van der Waals surface area contributed by atoms with Crippen molar-refractivity contribution in [3.8, 4) is 0 Å². The molecule has 2 amide bonds. The van der Waals surface area contributed by atoms with Crippen LogP contribution in [0.15, 0.2) is 91.0 Å². The SMILES string of the molecule is CS[C@]1(COC(C)=O)CO[C@@H]2[C@@H](NC(=O)c3ccccc3)C(=O)N2[C@H]1C(=O)OC(c1ccccc1)c1ccccc1. The number of nitrogens with one attached hydrogen (secondary N) is 1. The molecule has 0 aliphatic carbocycles. The lowest BCUT2D eigenvalue weighted by molar-refractivity contribution is -0.223. The summed E-state index contributed by atoms with van der Waals surface area (Å²) in [4.78, 5) is 53.6. The van der Waals surface area contributed by atoms with E-state index in [1.165, 1.54) is 23.6 Å². The van der Waals surface area contributed by atoms with Gasteiger partial charge in [-0.3, -0.25) is 19.3 Å². The number of rotatable bonds is 9. The van der Waals surface area contributed by atoms with Crippen molar-refractivity contribution >= 4 is 35.5 Å². The maximum absolute atomic E-state index is 14.1. The van der Waals surface area contributed by atoms with Crippen LogP contribution >= 0.6 is 11.8 Å². The van der Waals surface area contributed by atoms with E-state index in [0.29, 0.717) is 5.56 Å². The van der Waals surface area contributed by atoms with E-state index in [0.717, 1.165) is 11.1 Å². The molecule has 0 aromatic heterocycles. The minimum Gasteiger partial charge on any atom is -0.464 e. The fourth-order valence-corrected chi connectivity index (χ4v) is 5.91. The van der Waals surface area contributed by atoms with E-state index >= 15 is 0 Å². The van der Waals surface area contributed by atoms with Gasteiger partial charge >= 0.3 is 11.9 Å². The molecule has 212 valence electrons. The quantitative estimate of drug-likeness (QED) is 0.306. The molecule has 0 unspecified atom stereocenters. The first-order valence-corrected chi connectivity index (χ1v) is 14.4. The van der Waals surface area contributed by atoms with Gasteiger partial charge in [-0.15, -0.1) is 11.8 Å². The van der Waals surface area contributed by atoms with E-state index in [1.54, 1.807) is 36.6 Å². The second-order valence-corrected chi connectivity index (χ2v) is 11.1. The van der Waals surface area contributed by atoms with E-state index in [-0.39, 0.29) is 13.2 Å². The first kappa shape index (κ1) is 28.4. The summed E-state index contributed by atoms with van der Waals surface area (Å²) >= 11 is 1.26. The van der Waals surface area contributed by atoms with Gasteiger partial charge in [0.25, 0.3) is 11.8 Å². The van der Waals surface area contributed by atoms with Crippen LogP contribution in [-0.2, 0) is 28.6 Å². The third-order valence-corrected chi connectivity index (χ3v) is 8.54. The first-order valence-electron chi connectivity index (χ1n) is 13.1. The summed E-state index contributed by atoms with van der Waals surface area (Å²) in [6.45, 7) is 1.08. The van der Waals surface area contributed by atoms with Crippen LogP contribution in [0.2, 0.25) is 0 Å². The number of ether oxygens (including phenoxy) is 3. The van der Waals surface area contributed by atoms with Crippen LogP contribution in [0.1, 0.15) is 34.5 Å². The van der Waals surface area contributed by atoms with Crippen LogP contribution in [0.3, 0.4) is 0 Å². The maximum Gasteiger partial charge on any atom is 0.331 e. The van der Waals surface area contributed by atoms with E-state index in [4.69, 9.17) is 14.2 Å². The average Bonchev–Trinajstić information content (AvgIpc) is 3.02. The van der Waals surface area contributed by atoms with Crippen LogP contribution in [0, 0.1) is 0 Å². The van der Waals surface area contributed by atoms with Crippen LogP contribution < -0.4 is 5.32 Å². The Labute approximate surface area is 242 Å². The minimum atomic E-state index is -1.15. The molecular formula is C31H30N2O7S. The summed E-state index contributed by atoms with van der Waals surface area (Å²) in [6, 6.07) is 25.0. The summed E-state index contributed by atoms with van der Waals surface area (Å²) in [5, 5.41) is 2.73. The lowest BCUT2D eigenvalue weighted by Crippen LogP contribution is -2.81. The fraction of sp³-hybridized carbons (Fsp3) is 0.290. The smallest absolute Gasteiger partial charge is 0.331 e. The number of esters is 2. The molecule has 1 N–H and O–H groups in total. The number of carbonyl (C=O) groups excluding carboxylic acids is 4.